The summed E-state index contributed by atoms with van der Waals surface area (Å²) in [5.41, 5.74) is 0.236. The number of amides is 1. The average molecular weight is 312 g/mol. The summed E-state index contributed by atoms with van der Waals surface area (Å²) in [6.45, 7) is 4.85. The van der Waals surface area contributed by atoms with E-state index in [0.717, 1.165) is 23.5 Å². The van der Waals surface area contributed by atoms with Crippen LogP contribution in [0.3, 0.4) is 0 Å². The number of piperidine rings is 1. The molecule has 118 valence electrons. The van der Waals surface area contributed by atoms with Crippen molar-refractivity contribution < 1.29 is 15.0 Å². The van der Waals surface area contributed by atoms with Crippen molar-refractivity contribution in [1.29, 1.82) is 0 Å². The second kappa shape index (κ2) is 6.85. The SMILES string of the molecule is CCC[C@@]1(CO)CN(C(=O)Cc2csc(C)n2)CC[C@H]1O. The number of aromatic nitrogens is 1. The Morgan fingerprint density at radius 1 is 1.62 bits per heavy atom. The second-order valence-electron chi connectivity index (χ2n) is 5.92. The van der Waals surface area contributed by atoms with Crippen LogP contribution in [0.4, 0.5) is 0 Å². The van der Waals surface area contributed by atoms with Crippen LogP contribution in [0.1, 0.15) is 36.9 Å². The fraction of sp³-hybridized carbons (Fsp3) is 0.733. The fourth-order valence-electron chi connectivity index (χ4n) is 3.10. The standard InChI is InChI=1S/C15H24N2O3S/c1-3-5-15(10-18)9-17(6-4-13(15)19)14(20)7-12-8-21-11(2)16-12/h8,13,18-19H,3-7,9-10H2,1-2H3/t13-,15+/m1/s1. The molecule has 5 nitrogen and oxygen atoms in total. The molecule has 0 aliphatic carbocycles. The summed E-state index contributed by atoms with van der Waals surface area (Å²) in [6.07, 6.45) is 1.90. The maximum Gasteiger partial charge on any atom is 0.228 e. The zero-order chi connectivity index (χ0) is 15.5. The molecule has 1 aromatic rings. The highest BCUT2D eigenvalue weighted by atomic mass is 32.1. The minimum absolute atomic E-state index is 0.0288. The molecule has 1 fully saturated rings. The monoisotopic (exact) mass is 312 g/mol. The molecule has 0 bridgehead atoms. The molecule has 0 unspecified atom stereocenters. The number of aryl methyl sites for hydroxylation is 1. The normalized spacial score (nSPS) is 26.1. The summed E-state index contributed by atoms with van der Waals surface area (Å²) in [6, 6.07) is 0. The lowest BCUT2D eigenvalue weighted by Gasteiger charge is -2.45. The number of aliphatic hydroxyl groups excluding tert-OH is 2. The predicted molar refractivity (Wildman–Crippen MR) is 82.2 cm³/mol. The van der Waals surface area contributed by atoms with Gasteiger partial charge < -0.3 is 15.1 Å². The Labute approximate surface area is 129 Å². The molecule has 1 aliphatic rings. The lowest BCUT2D eigenvalue weighted by Crippen LogP contribution is -2.55. The largest absolute Gasteiger partial charge is 0.396 e. The van der Waals surface area contributed by atoms with E-state index < -0.39 is 11.5 Å². The van der Waals surface area contributed by atoms with Gasteiger partial charge in [-0.1, -0.05) is 13.3 Å². The van der Waals surface area contributed by atoms with Crippen molar-refractivity contribution in [2.24, 2.45) is 5.41 Å². The van der Waals surface area contributed by atoms with Crippen LogP contribution in [0, 0.1) is 12.3 Å². The first kappa shape index (κ1) is 16.4. The molecule has 0 radical (unpaired) electrons. The number of hydrogen-bond acceptors (Lipinski definition) is 5. The highest BCUT2D eigenvalue weighted by molar-refractivity contribution is 7.09. The van der Waals surface area contributed by atoms with Crippen LogP contribution >= 0.6 is 11.3 Å². The highest BCUT2D eigenvalue weighted by Crippen LogP contribution is 2.34. The van der Waals surface area contributed by atoms with E-state index in [9.17, 15) is 15.0 Å². The molecular formula is C15H24N2O3S. The van der Waals surface area contributed by atoms with Gasteiger partial charge in [-0.3, -0.25) is 4.79 Å². The average Bonchev–Trinajstić information content (AvgIpc) is 2.86. The Kier molecular flexibility index (Phi) is 5.35. The highest BCUT2D eigenvalue weighted by Gasteiger charge is 2.42. The van der Waals surface area contributed by atoms with E-state index in [2.05, 4.69) is 4.98 Å². The Hall–Kier alpha value is -0.980. The van der Waals surface area contributed by atoms with Gasteiger partial charge in [-0.25, -0.2) is 4.98 Å². The Morgan fingerprint density at radius 3 is 2.95 bits per heavy atom. The van der Waals surface area contributed by atoms with E-state index in [1.54, 1.807) is 16.2 Å². The van der Waals surface area contributed by atoms with Crippen molar-refractivity contribution in [3.63, 3.8) is 0 Å². The summed E-state index contributed by atoms with van der Waals surface area (Å²) in [5.74, 6) is 0.0288. The molecule has 2 rings (SSSR count). The minimum atomic E-state index is -0.569. The topological polar surface area (TPSA) is 73.7 Å². The first-order valence-corrected chi connectivity index (χ1v) is 8.36. The van der Waals surface area contributed by atoms with Gasteiger partial charge in [0.05, 0.1) is 29.8 Å². The van der Waals surface area contributed by atoms with Crippen LogP contribution in [-0.4, -0.2) is 51.8 Å². The molecule has 0 saturated carbocycles. The van der Waals surface area contributed by atoms with Crippen LogP contribution in [0.15, 0.2) is 5.38 Å². The molecule has 0 spiro atoms. The van der Waals surface area contributed by atoms with Gasteiger partial charge in [0.15, 0.2) is 0 Å². The zero-order valence-electron chi connectivity index (χ0n) is 12.7. The smallest absolute Gasteiger partial charge is 0.228 e. The van der Waals surface area contributed by atoms with E-state index in [0.29, 0.717) is 25.9 Å². The number of thiazole rings is 1. The summed E-state index contributed by atoms with van der Waals surface area (Å²) < 4.78 is 0. The van der Waals surface area contributed by atoms with Gasteiger partial charge in [-0.2, -0.15) is 0 Å². The van der Waals surface area contributed by atoms with Gasteiger partial charge >= 0.3 is 0 Å². The van der Waals surface area contributed by atoms with E-state index >= 15 is 0 Å². The third-order valence-corrected chi connectivity index (χ3v) is 5.12. The molecule has 1 aliphatic heterocycles. The fourth-order valence-corrected chi connectivity index (χ4v) is 3.71. The van der Waals surface area contributed by atoms with Crippen molar-refractivity contribution in [3.8, 4) is 0 Å². The summed E-state index contributed by atoms with van der Waals surface area (Å²) in [4.78, 5) is 18.5. The number of hydrogen-bond donors (Lipinski definition) is 2. The molecule has 2 heterocycles. The first-order chi connectivity index (χ1) is 10.0. The number of aliphatic hydroxyl groups is 2. The summed E-state index contributed by atoms with van der Waals surface area (Å²) >= 11 is 1.54. The Morgan fingerprint density at radius 2 is 2.38 bits per heavy atom. The minimum Gasteiger partial charge on any atom is -0.396 e. The lowest BCUT2D eigenvalue weighted by atomic mass is 9.74. The van der Waals surface area contributed by atoms with Crippen LogP contribution in [0.5, 0.6) is 0 Å². The van der Waals surface area contributed by atoms with Gasteiger partial charge in [0.2, 0.25) is 5.91 Å². The molecular weight excluding hydrogens is 288 g/mol. The Bertz CT molecular complexity index is 491. The quantitative estimate of drug-likeness (QED) is 0.861. The van der Waals surface area contributed by atoms with Gasteiger partial charge in [0.1, 0.15) is 0 Å². The zero-order valence-corrected chi connectivity index (χ0v) is 13.5. The molecule has 1 aromatic heterocycles. The molecule has 2 N–H and O–H groups in total. The van der Waals surface area contributed by atoms with Gasteiger partial charge in [0.25, 0.3) is 0 Å². The second-order valence-corrected chi connectivity index (χ2v) is 6.99. The number of nitrogens with zero attached hydrogens (tertiary/aromatic N) is 2. The van der Waals surface area contributed by atoms with E-state index in [4.69, 9.17) is 0 Å². The van der Waals surface area contributed by atoms with Crippen molar-refractivity contribution >= 4 is 17.2 Å². The van der Waals surface area contributed by atoms with E-state index in [-0.39, 0.29) is 12.5 Å². The van der Waals surface area contributed by atoms with E-state index in [1.807, 2.05) is 19.2 Å². The van der Waals surface area contributed by atoms with Crippen molar-refractivity contribution in [2.45, 2.75) is 45.6 Å². The summed E-state index contributed by atoms with van der Waals surface area (Å²) in [7, 11) is 0. The molecule has 1 amide bonds. The third-order valence-electron chi connectivity index (χ3n) is 4.30. The van der Waals surface area contributed by atoms with Crippen molar-refractivity contribution in [3.05, 3.63) is 16.1 Å². The molecule has 6 heteroatoms. The maximum atomic E-state index is 12.4. The summed E-state index contributed by atoms with van der Waals surface area (Å²) in [5, 5.41) is 22.8. The van der Waals surface area contributed by atoms with Gasteiger partial charge in [-0.15, -0.1) is 11.3 Å². The molecule has 21 heavy (non-hydrogen) atoms. The predicted octanol–water partition coefficient (Wildman–Crippen LogP) is 1.37. The van der Waals surface area contributed by atoms with Crippen LogP contribution in [0.25, 0.3) is 0 Å². The van der Waals surface area contributed by atoms with Crippen LogP contribution in [-0.2, 0) is 11.2 Å². The number of rotatable bonds is 5. The molecule has 1 saturated heterocycles. The Balaban J connectivity index is 2.04. The van der Waals surface area contributed by atoms with Gasteiger partial charge in [-0.05, 0) is 19.8 Å². The van der Waals surface area contributed by atoms with Crippen LogP contribution in [0.2, 0.25) is 0 Å². The number of likely N-dealkylation sites (tertiary alicyclic amines) is 1. The first-order valence-electron chi connectivity index (χ1n) is 7.48. The van der Waals surface area contributed by atoms with Gasteiger partial charge in [0, 0.05) is 23.9 Å². The number of carbonyl (C=O) groups is 1. The molecule has 2 atom stereocenters. The van der Waals surface area contributed by atoms with Crippen LogP contribution < -0.4 is 0 Å². The lowest BCUT2D eigenvalue weighted by molar-refractivity contribution is -0.141. The molecule has 0 aromatic carbocycles. The maximum absolute atomic E-state index is 12.4. The number of carbonyl (C=O) groups excluding carboxylic acids is 1. The third kappa shape index (κ3) is 3.62. The van der Waals surface area contributed by atoms with Crippen molar-refractivity contribution in [2.75, 3.05) is 19.7 Å². The van der Waals surface area contributed by atoms with E-state index in [1.165, 1.54) is 0 Å². The van der Waals surface area contributed by atoms with Crippen molar-refractivity contribution in [1.82, 2.24) is 9.88 Å².